The third kappa shape index (κ3) is 4.91. The van der Waals surface area contributed by atoms with Crippen molar-refractivity contribution < 1.29 is 13.2 Å². The van der Waals surface area contributed by atoms with Crippen LogP contribution in [0, 0.1) is 5.92 Å². The normalized spacial score (nSPS) is 21.8. The second-order valence-electron chi connectivity index (χ2n) is 5.05. The Morgan fingerprint density at radius 2 is 2.11 bits per heavy atom. The summed E-state index contributed by atoms with van der Waals surface area (Å²) in [6, 6.07) is 0. The first-order chi connectivity index (χ1) is 8.30. The van der Waals surface area contributed by atoms with E-state index in [0.29, 0.717) is 32.1 Å². The summed E-state index contributed by atoms with van der Waals surface area (Å²) in [5.74, 6) is 0.328. The first kappa shape index (κ1) is 15.4. The molecule has 0 radical (unpaired) electrons. The maximum atomic E-state index is 11.4. The van der Waals surface area contributed by atoms with Gasteiger partial charge < -0.3 is 10.2 Å². The number of hydrogen-bond donors (Lipinski definition) is 1. The molecule has 0 aromatic heterocycles. The van der Waals surface area contributed by atoms with Crippen molar-refractivity contribution in [2.45, 2.75) is 12.8 Å². The van der Waals surface area contributed by atoms with Crippen LogP contribution in [0.1, 0.15) is 12.8 Å². The van der Waals surface area contributed by atoms with Crippen LogP contribution in [0.15, 0.2) is 0 Å². The van der Waals surface area contributed by atoms with Gasteiger partial charge in [-0.1, -0.05) is 0 Å². The Bertz CT molecular complexity index is 381. The molecule has 1 atom stereocenters. The van der Waals surface area contributed by atoms with E-state index in [1.54, 1.807) is 14.1 Å². The lowest BCUT2D eigenvalue weighted by Gasteiger charge is -2.31. The maximum Gasteiger partial charge on any atom is 0.236 e. The molecule has 0 aromatic rings. The minimum atomic E-state index is -3.08. The van der Waals surface area contributed by atoms with Crippen molar-refractivity contribution >= 4 is 15.9 Å². The van der Waals surface area contributed by atoms with Crippen LogP contribution in [0.25, 0.3) is 0 Å². The van der Waals surface area contributed by atoms with E-state index in [2.05, 4.69) is 5.32 Å². The summed E-state index contributed by atoms with van der Waals surface area (Å²) in [6.45, 7) is 2.17. The maximum absolute atomic E-state index is 11.4. The quantitative estimate of drug-likeness (QED) is 0.724. The van der Waals surface area contributed by atoms with Gasteiger partial charge in [-0.15, -0.1) is 0 Å². The van der Waals surface area contributed by atoms with Crippen molar-refractivity contribution in [1.82, 2.24) is 14.5 Å². The Morgan fingerprint density at radius 3 is 2.67 bits per heavy atom. The fourth-order valence-corrected chi connectivity index (χ4v) is 2.98. The summed E-state index contributed by atoms with van der Waals surface area (Å²) in [5.41, 5.74) is 0. The van der Waals surface area contributed by atoms with Gasteiger partial charge in [-0.05, 0) is 25.3 Å². The molecule has 1 rings (SSSR count). The van der Waals surface area contributed by atoms with E-state index in [1.165, 1.54) is 15.5 Å². The Hall–Kier alpha value is -0.660. The van der Waals surface area contributed by atoms with Crippen molar-refractivity contribution in [1.29, 1.82) is 0 Å². The van der Waals surface area contributed by atoms with E-state index in [1.807, 2.05) is 0 Å². The molecule has 1 amide bonds. The van der Waals surface area contributed by atoms with E-state index in [-0.39, 0.29) is 5.91 Å². The van der Waals surface area contributed by atoms with Crippen molar-refractivity contribution in [3.8, 4) is 0 Å². The smallest absolute Gasteiger partial charge is 0.236 e. The van der Waals surface area contributed by atoms with Gasteiger partial charge in [0, 0.05) is 27.2 Å². The molecule has 0 aromatic carbocycles. The number of nitrogens with zero attached hydrogens (tertiary/aromatic N) is 2. The van der Waals surface area contributed by atoms with Crippen LogP contribution in [0.3, 0.4) is 0 Å². The molecule has 1 saturated heterocycles. The zero-order valence-corrected chi connectivity index (χ0v) is 12.2. The van der Waals surface area contributed by atoms with Crippen molar-refractivity contribution in [2.24, 2.45) is 5.92 Å². The topological polar surface area (TPSA) is 69.7 Å². The molecule has 1 aliphatic rings. The molecule has 1 heterocycles. The van der Waals surface area contributed by atoms with Crippen molar-refractivity contribution in [3.63, 3.8) is 0 Å². The third-order valence-corrected chi connectivity index (χ3v) is 4.43. The fraction of sp³-hybridized carbons (Fsp3) is 0.909. The number of rotatable bonds is 5. The first-order valence-electron chi connectivity index (χ1n) is 6.16. The van der Waals surface area contributed by atoms with Gasteiger partial charge >= 0.3 is 0 Å². The SMILES string of the molecule is CN(C)C(=O)CNCC1CCCN(S(C)(=O)=O)C1. The standard InChI is InChI=1S/C11H23N3O3S/c1-13(2)11(15)8-12-7-10-5-4-6-14(9-10)18(3,16)17/h10,12H,4-9H2,1-3H3. The third-order valence-electron chi connectivity index (χ3n) is 3.16. The number of sulfonamides is 1. The molecule has 0 aliphatic carbocycles. The van der Waals surface area contributed by atoms with Gasteiger partial charge in [-0.3, -0.25) is 4.79 Å². The predicted molar refractivity (Wildman–Crippen MR) is 70.7 cm³/mol. The zero-order chi connectivity index (χ0) is 13.8. The van der Waals surface area contributed by atoms with Crippen LogP contribution < -0.4 is 5.32 Å². The molecular weight excluding hydrogens is 254 g/mol. The van der Waals surface area contributed by atoms with Crippen molar-refractivity contribution in [2.75, 3.05) is 46.5 Å². The first-order valence-corrected chi connectivity index (χ1v) is 8.01. The van der Waals surface area contributed by atoms with E-state index < -0.39 is 10.0 Å². The number of carbonyl (C=O) groups is 1. The summed E-state index contributed by atoms with van der Waals surface area (Å²) >= 11 is 0. The van der Waals surface area contributed by atoms with Crippen LogP contribution >= 0.6 is 0 Å². The highest BCUT2D eigenvalue weighted by molar-refractivity contribution is 7.88. The van der Waals surface area contributed by atoms with Crippen LogP contribution in [-0.4, -0.2) is 70.1 Å². The number of amides is 1. The van der Waals surface area contributed by atoms with Crippen LogP contribution in [-0.2, 0) is 14.8 Å². The van der Waals surface area contributed by atoms with Crippen LogP contribution in [0.5, 0.6) is 0 Å². The molecule has 6 nitrogen and oxygen atoms in total. The van der Waals surface area contributed by atoms with Gasteiger partial charge in [0.25, 0.3) is 0 Å². The Balaban J connectivity index is 2.33. The number of nitrogens with one attached hydrogen (secondary N) is 1. The van der Waals surface area contributed by atoms with Crippen molar-refractivity contribution in [3.05, 3.63) is 0 Å². The van der Waals surface area contributed by atoms with Gasteiger partial charge in [0.05, 0.1) is 12.8 Å². The van der Waals surface area contributed by atoms with Gasteiger partial charge in [0.1, 0.15) is 0 Å². The zero-order valence-electron chi connectivity index (χ0n) is 11.3. The summed E-state index contributed by atoms with van der Waals surface area (Å²) in [6.07, 6.45) is 3.15. The Morgan fingerprint density at radius 1 is 1.44 bits per heavy atom. The summed E-state index contributed by atoms with van der Waals surface area (Å²) < 4.78 is 24.4. The second kappa shape index (κ2) is 6.49. The van der Waals surface area contributed by atoms with Gasteiger partial charge in [0.15, 0.2) is 0 Å². The molecule has 0 spiro atoms. The summed E-state index contributed by atoms with van der Waals surface area (Å²) in [4.78, 5) is 12.9. The van der Waals surface area contributed by atoms with Crippen LogP contribution in [0.4, 0.5) is 0 Å². The number of carbonyl (C=O) groups excluding carboxylic acids is 1. The average Bonchev–Trinajstić information content (AvgIpc) is 2.28. The highest BCUT2D eigenvalue weighted by Crippen LogP contribution is 2.17. The van der Waals surface area contributed by atoms with Gasteiger partial charge in [-0.2, -0.15) is 0 Å². The highest BCUT2D eigenvalue weighted by Gasteiger charge is 2.25. The molecule has 106 valence electrons. The number of piperidine rings is 1. The molecular formula is C11H23N3O3S. The monoisotopic (exact) mass is 277 g/mol. The van der Waals surface area contributed by atoms with E-state index in [9.17, 15) is 13.2 Å². The molecule has 0 saturated carbocycles. The minimum absolute atomic E-state index is 0.0331. The second-order valence-corrected chi connectivity index (χ2v) is 7.03. The van der Waals surface area contributed by atoms with E-state index in [0.717, 1.165) is 12.8 Å². The fourth-order valence-electron chi connectivity index (χ4n) is 2.04. The minimum Gasteiger partial charge on any atom is -0.348 e. The summed E-state index contributed by atoms with van der Waals surface area (Å²) in [5, 5.41) is 3.10. The van der Waals surface area contributed by atoms with Gasteiger partial charge in [-0.25, -0.2) is 12.7 Å². The Kier molecular flexibility index (Phi) is 5.55. The number of likely N-dealkylation sites (N-methyl/N-ethyl adjacent to an activating group) is 1. The lowest BCUT2D eigenvalue weighted by molar-refractivity contribution is -0.127. The molecule has 18 heavy (non-hydrogen) atoms. The molecule has 1 aliphatic heterocycles. The van der Waals surface area contributed by atoms with Gasteiger partial charge in [0.2, 0.25) is 15.9 Å². The van der Waals surface area contributed by atoms with Crippen LogP contribution in [0.2, 0.25) is 0 Å². The van der Waals surface area contributed by atoms with E-state index >= 15 is 0 Å². The lowest BCUT2D eigenvalue weighted by Crippen LogP contribution is -2.43. The van der Waals surface area contributed by atoms with E-state index in [4.69, 9.17) is 0 Å². The molecule has 0 bridgehead atoms. The lowest BCUT2D eigenvalue weighted by atomic mass is 10.00. The largest absolute Gasteiger partial charge is 0.348 e. The molecule has 7 heteroatoms. The highest BCUT2D eigenvalue weighted by atomic mass is 32.2. The summed E-state index contributed by atoms with van der Waals surface area (Å²) in [7, 11) is 0.353. The Labute approximate surface area is 109 Å². The predicted octanol–water partition coefficient (Wildman–Crippen LogP) is -0.664. The molecule has 1 unspecified atom stereocenters. The number of hydrogen-bond acceptors (Lipinski definition) is 4. The average molecular weight is 277 g/mol. The molecule has 1 fully saturated rings. The molecule has 1 N–H and O–H groups in total.